The quantitative estimate of drug-likeness (QED) is 0.848. The highest BCUT2D eigenvalue weighted by atomic mass is 19.1. The van der Waals surface area contributed by atoms with Gasteiger partial charge in [-0.15, -0.1) is 0 Å². The summed E-state index contributed by atoms with van der Waals surface area (Å²) in [6.45, 7) is 3.02. The van der Waals surface area contributed by atoms with E-state index in [2.05, 4.69) is 5.32 Å². The number of hydrogen-bond donors (Lipinski definition) is 1. The molecule has 1 N–H and O–H groups in total. The molecule has 0 saturated carbocycles. The summed E-state index contributed by atoms with van der Waals surface area (Å²) in [5.74, 6) is -0.301. The largest absolute Gasteiger partial charge is 0.336 e. The Morgan fingerprint density at radius 1 is 1.05 bits per heavy atom. The van der Waals surface area contributed by atoms with Gasteiger partial charge < -0.3 is 10.2 Å². The number of rotatable bonds is 1. The maximum absolute atomic E-state index is 13.7. The highest BCUT2D eigenvalue weighted by Gasteiger charge is 2.20. The van der Waals surface area contributed by atoms with Crippen LogP contribution in [0.25, 0.3) is 10.8 Å². The lowest BCUT2D eigenvalue weighted by atomic mass is 10.0. The van der Waals surface area contributed by atoms with E-state index in [0.717, 1.165) is 13.1 Å². The standard InChI is InChI=1S/C15H15FN2O/c16-14-6-5-13(11-3-1-2-4-12(11)14)15(19)18-9-7-17-8-10-18/h1-6,17H,7-10H2. The number of amides is 1. The third kappa shape index (κ3) is 2.19. The molecule has 0 atom stereocenters. The molecule has 3 rings (SSSR count). The van der Waals surface area contributed by atoms with Crippen LogP contribution >= 0.6 is 0 Å². The van der Waals surface area contributed by atoms with Gasteiger partial charge in [0.1, 0.15) is 5.82 Å². The number of carbonyl (C=O) groups is 1. The molecule has 98 valence electrons. The van der Waals surface area contributed by atoms with Gasteiger partial charge in [-0.05, 0) is 17.5 Å². The van der Waals surface area contributed by atoms with Crippen molar-refractivity contribution in [1.29, 1.82) is 0 Å². The van der Waals surface area contributed by atoms with Crippen molar-refractivity contribution < 1.29 is 9.18 Å². The summed E-state index contributed by atoms with van der Waals surface area (Å²) in [5.41, 5.74) is 0.582. The van der Waals surface area contributed by atoms with Crippen LogP contribution in [0, 0.1) is 5.82 Å². The zero-order valence-electron chi connectivity index (χ0n) is 10.5. The number of benzene rings is 2. The van der Waals surface area contributed by atoms with Crippen molar-refractivity contribution >= 4 is 16.7 Å². The third-order valence-electron chi connectivity index (χ3n) is 3.51. The molecule has 19 heavy (non-hydrogen) atoms. The summed E-state index contributed by atoms with van der Waals surface area (Å²) in [7, 11) is 0. The molecule has 0 radical (unpaired) electrons. The fraction of sp³-hybridized carbons (Fsp3) is 0.267. The molecule has 1 amide bonds. The summed E-state index contributed by atoms with van der Waals surface area (Å²) in [4.78, 5) is 14.3. The van der Waals surface area contributed by atoms with Crippen molar-refractivity contribution in [2.45, 2.75) is 0 Å². The van der Waals surface area contributed by atoms with Crippen LogP contribution < -0.4 is 5.32 Å². The van der Waals surface area contributed by atoms with Crippen LogP contribution in [0.3, 0.4) is 0 Å². The highest BCUT2D eigenvalue weighted by molar-refractivity contribution is 6.07. The van der Waals surface area contributed by atoms with E-state index >= 15 is 0 Å². The maximum Gasteiger partial charge on any atom is 0.254 e. The highest BCUT2D eigenvalue weighted by Crippen LogP contribution is 2.23. The van der Waals surface area contributed by atoms with Crippen LogP contribution in [0.4, 0.5) is 4.39 Å². The molecule has 1 heterocycles. The summed E-state index contributed by atoms with van der Waals surface area (Å²) in [6, 6.07) is 10.1. The lowest BCUT2D eigenvalue weighted by molar-refractivity contribution is 0.0738. The molecule has 1 aliphatic rings. The minimum atomic E-state index is -0.285. The van der Waals surface area contributed by atoms with Crippen LogP contribution in [-0.2, 0) is 0 Å². The second-order valence-electron chi connectivity index (χ2n) is 4.68. The Morgan fingerprint density at radius 2 is 1.74 bits per heavy atom. The van der Waals surface area contributed by atoms with Gasteiger partial charge in [-0.3, -0.25) is 4.79 Å². The van der Waals surface area contributed by atoms with Crippen LogP contribution in [-0.4, -0.2) is 37.0 Å². The summed E-state index contributed by atoms with van der Waals surface area (Å²) < 4.78 is 13.7. The lowest BCUT2D eigenvalue weighted by Gasteiger charge is -2.27. The average Bonchev–Trinajstić information content (AvgIpc) is 2.48. The van der Waals surface area contributed by atoms with Crippen LogP contribution in [0.5, 0.6) is 0 Å². The molecule has 3 nitrogen and oxygen atoms in total. The normalized spacial score (nSPS) is 15.7. The van der Waals surface area contributed by atoms with Gasteiger partial charge in [-0.1, -0.05) is 24.3 Å². The molecular weight excluding hydrogens is 243 g/mol. The van der Waals surface area contributed by atoms with Crippen molar-refractivity contribution in [3.63, 3.8) is 0 Å². The van der Waals surface area contributed by atoms with E-state index in [4.69, 9.17) is 0 Å². The van der Waals surface area contributed by atoms with E-state index in [0.29, 0.717) is 29.4 Å². The monoisotopic (exact) mass is 258 g/mol. The third-order valence-corrected chi connectivity index (χ3v) is 3.51. The van der Waals surface area contributed by atoms with Gasteiger partial charge in [0, 0.05) is 37.1 Å². The number of nitrogens with one attached hydrogen (secondary N) is 1. The molecule has 0 unspecified atom stereocenters. The van der Waals surface area contributed by atoms with E-state index in [-0.39, 0.29) is 11.7 Å². The number of hydrogen-bond acceptors (Lipinski definition) is 2. The SMILES string of the molecule is O=C(c1ccc(F)c2ccccc12)N1CCNCC1. The molecule has 1 saturated heterocycles. The van der Waals surface area contributed by atoms with Gasteiger partial charge in [0.15, 0.2) is 0 Å². The number of carbonyl (C=O) groups excluding carboxylic acids is 1. The Hall–Kier alpha value is -1.94. The zero-order chi connectivity index (χ0) is 13.2. The fourth-order valence-electron chi connectivity index (χ4n) is 2.49. The maximum atomic E-state index is 13.7. The first-order valence-corrected chi connectivity index (χ1v) is 6.44. The molecule has 0 aromatic heterocycles. The number of nitrogens with zero attached hydrogens (tertiary/aromatic N) is 1. The second kappa shape index (κ2) is 4.97. The van der Waals surface area contributed by atoms with E-state index in [1.807, 2.05) is 11.0 Å². The van der Waals surface area contributed by atoms with Gasteiger partial charge in [-0.25, -0.2) is 4.39 Å². The second-order valence-corrected chi connectivity index (χ2v) is 4.68. The van der Waals surface area contributed by atoms with Crippen molar-refractivity contribution in [2.24, 2.45) is 0 Å². The molecule has 0 bridgehead atoms. The predicted octanol–water partition coefficient (Wildman–Crippen LogP) is 2.02. The molecule has 1 fully saturated rings. The minimum Gasteiger partial charge on any atom is -0.336 e. The zero-order valence-corrected chi connectivity index (χ0v) is 10.5. The fourth-order valence-corrected chi connectivity index (χ4v) is 2.49. The Labute approximate surface area is 111 Å². The summed E-state index contributed by atoms with van der Waals surface area (Å²) >= 11 is 0. The van der Waals surface area contributed by atoms with E-state index < -0.39 is 0 Å². The van der Waals surface area contributed by atoms with Crippen LogP contribution in [0.1, 0.15) is 10.4 Å². The number of fused-ring (bicyclic) bond motifs is 1. The lowest BCUT2D eigenvalue weighted by Crippen LogP contribution is -2.46. The van der Waals surface area contributed by atoms with Gasteiger partial charge in [0.25, 0.3) is 5.91 Å². The minimum absolute atomic E-state index is 0.0160. The Balaban J connectivity index is 2.05. The first-order chi connectivity index (χ1) is 9.27. The Kier molecular flexibility index (Phi) is 3.17. The molecule has 0 spiro atoms. The summed E-state index contributed by atoms with van der Waals surface area (Å²) in [5, 5.41) is 4.40. The predicted molar refractivity (Wildman–Crippen MR) is 72.7 cm³/mol. The van der Waals surface area contributed by atoms with Gasteiger partial charge in [-0.2, -0.15) is 0 Å². The van der Waals surface area contributed by atoms with Crippen molar-refractivity contribution in [3.8, 4) is 0 Å². The molecular formula is C15H15FN2O. The smallest absolute Gasteiger partial charge is 0.254 e. The van der Waals surface area contributed by atoms with Crippen molar-refractivity contribution in [2.75, 3.05) is 26.2 Å². The van der Waals surface area contributed by atoms with Crippen LogP contribution in [0.2, 0.25) is 0 Å². The number of piperazine rings is 1. The molecule has 2 aromatic carbocycles. The molecule has 0 aliphatic carbocycles. The van der Waals surface area contributed by atoms with Crippen molar-refractivity contribution in [1.82, 2.24) is 10.2 Å². The molecule has 4 heteroatoms. The topological polar surface area (TPSA) is 32.3 Å². The van der Waals surface area contributed by atoms with Gasteiger partial charge in [0.2, 0.25) is 0 Å². The molecule has 1 aliphatic heterocycles. The van der Waals surface area contributed by atoms with E-state index in [1.165, 1.54) is 6.07 Å². The first kappa shape index (κ1) is 12.1. The van der Waals surface area contributed by atoms with Gasteiger partial charge >= 0.3 is 0 Å². The molecule has 2 aromatic rings. The number of halogens is 1. The van der Waals surface area contributed by atoms with Gasteiger partial charge in [0.05, 0.1) is 0 Å². The Morgan fingerprint density at radius 3 is 2.47 bits per heavy atom. The van der Waals surface area contributed by atoms with Crippen molar-refractivity contribution in [3.05, 3.63) is 47.8 Å². The van der Waals surface area contributed by atoms with E-state index in [1.54, 1.807) is 24.3 Å². The van der Waals surface area contributed by atoms with Crippen LogP contribution in [0.15, 0.2) is 36.4 Å². The Bertz CT molecular complexity index is 621. The summed E-state index contributed by atoms with van der Waals surface area (Å²) in [6.07, 6.45) is 0. The van der Waals surface area contributed by atoms with E-state index in [9.17, 15) is 9.18 Å². The average molecular weight is 258 g/mol. The first-order valence-electron chi connectivity index (χ1n) is 6.44.